The quantitative estimate of drug-likeness (QED) is 0.607. The molecular formula is C20H31BFNO2. The first-order chi connectivity index (χ1) is 12.2. The van der Waals surface area contributed by atoms with Gasteiger partial charge in [0.05, 0.1) is 5.92 Å². The Morgan fingerprint density at radius 1 is 1.36 bits per heavy atom. The molecule has 0 bridgehead atoms. The van der Waals surface area contributed by atoms with Gasteiger partial charge in [-0.05, 0) is 63.2 Å². The number of carbonyl (C=O) groups excluding carboxylic acids is 1. The van der Waals surface area contributed by atoms with Crippen LogP contribution in [0.25, 0.3) is 0 Å². The molecule has 1 heterocycles. The highest BCUT2D eigenvalue weighted by molar-refractivity contribution is 6.05. The van der Waals surface area contributed by atoms with Crippen molar-refractivity contribution in [1.82, 2.24) is 4.90 Å². The lowest BCUT2D eigenvalue weighted by Gasteiger charge is -2.25. The summed E-state index contributed by atoms with van der Waals surface area (Å²) in [4.78, 5) is 14.4. The van der Waals surface area contributed by atoms with Crippen molar-refractivity contribution in [1.29, 1.82) is 0 Å². The van der Waals surface area contributed by atoms with Crippen LogP contribution in [0, 0.1) is 11.7 Å². The highest BCUT2D eigenvalue weighted by Crippen LogP contribution is 2.24. The fraction of sp³-hybridized carbons (Fsp3) is 0.650. The number of nitrogens with zero attached hydrogens (tertiary/aromatic N) is 1. The molecule has 3 nitrogen and oxygen atoms in total. The van der Waals surface area contributed by atoms with Crippen LogP contribution in [-0.4, -0.2) is 38.0 Å². The molecule has 1 fully saturated rings. The molecule has 25 heavy (non-hydrogen) atoms. The summed E-state index contributed by atoms with van der Waals surface area (Å²) >= 11 is 0. The smallest absolute Gasteiger partial charge is 0.325 e. The molecule has 0 radical (unpaired) electrons. The van der Waals surface area contributed by atoms with Crippen molar-refractivity contribution in [2.24, 2.45) is 5.92 Å². The van der Waals surface area contributed by atoms with Crippen molar-refractivity contribution in [2.45, 2.75) is 64.3 Å². The van der Waals surface area contributed by atoms with Gasteiger partial charge >= 0.3 is 8.05 Å². The van der Waals surface area contributed by atoms with Gasteiger partial charge in [0.2, 0.25) is 0 Å². The third-order valence-corrected chi connectivity index (χ3v) is 5.35. The van der Waals surface area contributed by atoms with Crippen molar-refractivity contribution < 1.29 is 13.8 Å². The van der Waals surface area contributed by atoms with Gasteiger partial charge in [-0.3, -0.25) is 4.79 Å². The van der Waals surface area contributed by atoms with E-state index in [1.54, 1.807) is 12.1 Å². The normalized spacial score (nSPS) is 19.0. The predicted molar refractivity (Wildman–Crippen MR) is 102 cm³/mol. The van der Waals surface area contributed by atoms with Gasteiger partial charge in [-0.1, -0.05) is 38.0 Å². The van der Waals surface area contributed by atoms with Crippen LogP contribution in [0.2, 0.25) is 0 Å². The fourth-order valence-electron chi connectivity index (χ4n) is 3.88. The summed E-state index contributed by atoms with van der Waals surface area (Å²) < 4.78 is 18.9. The Kier molecular flexibility index (Phi) is 8.46. The molecule has 1 saturated heterocycles. The van der Waals surface area contributed by atoms with Crippen molar-refractivity contribution in [2.75, 3.05) is 13.1 Å². The van der Waals surface area contributed by atoms with Crippen molar-refractivity contribution in [3.05, 3.63) is 35.6 Å². The van der Waals surface area contributed by atoms with Crippen LogP contribution in [0.15, 0.2) is 24.3 Å². The van der Waals surface area contributed by atoms with Crippen molar-refractivity contribution in [3.8, 4) is 0 Å². The van der Waals surface area contributed by atoms with Gasteiger partial charge in [0.1, 0.15) is 5.82 Å². The summed E-state index contributed by atoms with van der Waals surface area (Å²) in [6, 6.07) is 7.51. The van der Waals surface area contributed by atoms with Gasteiger partial charge in [-0.25, -0.2) is 4.39 Å². The van der Waals surface area contributed by atoms with E-state index in [1.165, 1.54) is 14.5 Å². The number of rotatable bonds is 10. The minimum absolute atomic E-state index is 0.0255. The lowest BCUT2D eigenvalue weighted by Crippen LogP contribution is -2.32. The number of hydrogen-bond acceptors (Lipinski definition) is 3. The maximum Gasteiger partial charge on any atom is 0.325 e. The summed E-state index contributed by atoms with van der Waals surface area (Å²) in [6.45, 7) is 4.21. The Morgan fingerprint density at radius 2 is 2.12 bits per heavy atom. The van der Waals surface area contributed by atoms with Crippen LogP contribution in [0.1, 0.15) is 57.4 Å². The fourth-order valence-corrected chi connectivity index (χ4v) is 3.88. The molecule has 1 aromatic carbocycles. The van der Waals surface area contributed by atoms with Crippen LogP contribution in [-0.2, 0) is 15.9 Å². The molecule has 1 aromatic rings. The van der Waals surface area contributed by atoms with Gasteiger partial charge in [0.25, 0.3) is 5.97 Å². The first-order valence-corrected chi connectivity index (χ1v) is 9.71. The van der Waals surface area contributed by atoms with Crippen LogP contribution in [0.4, 0.5) is 4.39 Å². The summed E-state index contributed by atoms with van der Waals surface area (Å²) in [5.41, 5.74) is 0.815. The number of halogens is 1. The lowest BCUT2D eigenvalue weighted by molar-refractivity contribution is -0.139. The third kappa shape index (κ3) is 6.14. The monoisotopic (exact) mass is 347 g/mol. The van der Waals surface area contributed by atoms with Crippen molar-refractivity contribution in [3.63, 3.8) is 0 Å². The molecule has 2 rings (SSSR count). The van der Waals surface area contributed by atoms with E-state index in [1.807, 2.05) is 12.1 Å². The Balaban J connectivity index is 1.82. The standard InChI is InChI=1S/C20H31BFNO2/c1-2-3-8-16(20(24)25-21)10-6-13-23-14-7-11-18(23)15-17-9-4-5-12-19(17)22/h4-5,9,12,16,18H,2-3,6-8,10-11,13-15,21H2,1H3. The summed E-state index contributed by atoms with van der Waals surface area (Å²) in [6.07, 6.45) is 8.06. The van der Waals surface area contributed by atoms with Gasteiger partial charge in [-0.2, -0.15) is 0 Å². The molecule has 5 heteroatoms. The second-order valence-electron chi connectivity index (χ2n) is 7.13. The number of hydrogen-bond donors (Lipinski definition) is 0. The van der Waals surface area contributed by atoms with Gasteiger partial charge in [0, 0.05) is 6.04 Å². The molecule has 2 unspecified atom stereocenters. The van der Waals surface area contributed by atoms with E-state index in [4.69, 9.17) is 4.65 Å². The molecule has 0 amide bonds. The first-order valence-electron chi connectivity index (χ1n) is 9.71. The summed E-state index contributed by atoms with van der Waals surface area (Å²) in [5, 5.41) is 0. The van der Waals surface area contributed by atoms with Crippen LogP contribution in [0.5, 0.6) is 0 Å². The van der Waals surface area contributed by atoms with E-state index in [0.29, 0.717) is 6.04 Å². The number of carbonyl (C=O) groups is 1. The van der Waals surface area contributed by atoms with E-state index < -0.39 is 0 Å². The molecule has 0 aromatic heterocycles. The van der Waals surface area contributed by atoms with E-state index in [0.717, 1.165) is 63.6 Å². The maximum atomic E-state index is 13.9. The predicted octanol–water partition coefficient (Wildman–Crippen LogP) is 3.51. The summed E-state index contributed by atoms with van der Waals surface area (Å²) in [7, 11) is 1.48. The Morgan fingerprint density at radius 3 is 2.84 bits per heavy atom. The van der Waals surface area contributed by atoms with E-state index in [9.17, 15) is 9.18 Å². The largest absolute Gasteiger partial charge is 0.543 e. The Hall–Kier alpha value is -1.36. The average Bonchev–Trinajstić information content (AvgIpc) is 3.06. The number of benzene rings is 1. The lowest BCUT2D eigenvalue weighted by atomic mass is 9.96. The van der Waals surface area contributed by atoms with Crippen LogP contribution in [0.3, 0.4) is 0 Å². The molecule has 1 aliphatic rings. The van der Waals surface area contributed by atoms with Gasteiger partial charge < -0.3 is 9.55 Å². The third-order valence-electron chi connectivity index (χ3n) is 5.35. The van der Waals surface area contributed by atoms with Gasteiger partial charge in [-0.15, -0.1) is 0 Å². The average molecular weight is 347 g/mol. The van der Waals surface area contributed by atoms with Crippen molar-refractivity contribution >= 4 is 14.0 Å². The molecule has 0 spiro atoms. The highest BCUT2D eigenvalue weighted by Gasteiger charge is 2.26. The molecule has 0 saturated carbocycles. The molecule has 138 valence electrons. The Labute approximate surface area is 152 Å². The van der Waals surface area contributed by atoms with Crippen LogP contribution >= 0.6 is 0 Å². The number of likely N-dealkylation sites (tertiary alicyclic amines) is 1. The topological polar surface area (TPSA) is 29.5 Å². The van der Waals surface area contributed by atoms with Crippen LogP contribution < -0.4 is 0 Å². The minimum atomic E-state index is -0.0975. The maximum absolute atomic E-state index is 13.9. The second-order valence-corrected chi connectivity index (χ2v) is 7.13. The molecule has 2 atom stereocenters. The zero-order valence-corrected chi connectivity index (χ0v) is 15.7. The minimum Gasteiger partial charge on any atom is -0.543 e. The zero-order valence-electron chi connectivity index (χ0n) is 15.7. The zero-order chi connectivity index (χ0) is 18.1. The molecule has 0 N–H and O–H groups in total. The first kappa shape index (κ1) is 20.0. The van der Waals surface area contributed by atoms with Gasteiger partial charge in [0.15, 0.2) is 0 Å². The SMILES string of the molecule is BOC(=O)C(CCCC)CCCN1CCCC1Cc1ccccc1F. The second kappa shape index (κ2) is 10.6. The van der Waals surface area contributed by atoms with E-state index in [2.05, 4.69) is 11.8 Å². The molecule has 1 aliphatic heterocycles. The molecule has 0 aliphatic carbocycles. The van der Waals surface area contributed by atoms with E-state index in [-0.39, 0.29) is 17.7 Å². The highest BCUT2D eigenvalue weighted by atomic mass is 19.1. The summed E-state index contributed by atoms with van der Waals surface area (Å²) in [5.74, 6) is -0.143. The Bertz CT molecular complexity index is 540. The molecular weight excluding hydrogens is 316 g/mol. The van der Waals surface area contributed by atoms with E-state index >= 15 is 0 Å². The number of unbranched alkanes of at least 4 members (excludes halogenated alkanes) is 1.